The van der Waals surface area contributed by atoms with Crippen LogP contribution in [0.1, 0.15) is 11.4 Å². The van der Waals surface area contributed by atoms with Gasteiger partial charge in [-0.15, -0.1) is 11.3 Å². The van der Waals surface area contributed by atoms with Crippen LogP contribution in [0.2, 0.25) is 0 Å². The van der Waals surface area contributed by atoms with E-state index >= 15 is 0 Å². The minimum Gasteiger partial charge on any atom is -0.325 e. The van der Waals surface area contributed by atoms with Crippen LogP contribution in [0.15, 0.2) is 29.6 Å². The molecule has 0 aliphatic carbocycles. The van der Waals surface area contributed by atoms with Gasteiger partial charge >= 0.3 is 0 Å². The Bertz CT molecular complexity index is 421. The van der Waals surface area contributed by atoms with Crippen molar-refractivity contribution in [2.75, 3.05) is 0 Å². The van der Waals surface area contributed by atoms with Gasteiger partial charge in [0.2, 0.25) is 0 Å². The molecular weight excluding hydrogens is 192 g/mol. The van der Waals surface area contributed by atoms with E-state index in [1.807, 2.05) is 19.1 Å². The molecule has 0 bridgehead atoms. The molecule has 0 aliphatic rings. The van der Waals surface area contributed by atoms with E-state index < -0.39 is 0 Å². The minimum absolute atomic E-state index is 0.495. The van der Waals surface area contributed by atoms with Gasteiger partial charge in [-0.1, -0.05) is 6.07 Å². The number of rotatable bonds is 2. The Morgan fingerprint density at radius 1 is 1.36 bits per heavy atom. The second kappa shape index (κ2) is 3.90. The van der Waals surface area contributed by atoms with E-state index in [1.54, 1.807) is 11.3 Å². The summed E-state index contributed by atoms with van der Waals surface area (Å²) in [5.41, 5.74) is 8.83. The first-order valence-electron chi connectivity index (χ1n) is 4.51. The van der Waals surface area contributed by atoms with Gasteiger partial charge in [0.1, 0.15) is 0 Å². The van der Waals surface area contributed by atoms with Gasteiger partial charge < -0.3 is 5.73 Å². The molecular formula is C11H12N2S. The molecule has 14 heavy (non-hydrogen) atoms. The fraction of sp³-hybridized carbons (Fsp3) is 0.182. The quantitative estimate of drug-likeness (QED) is 0.816. The molecule has 0 unspecified atom stereocenters. The largest absolute Gasteiger partial charge is 0.325 e. The summed E-state index contributed by atoms with van der Waals surface area (Å²) in [6, 6.07) is 8.25. The van der Waals surface area contributed by atoms with Gasteiger partial charge in [-0.05, 0) is 30.5 Å². The molecule has 0 spiro atoms. The van der Waals surface area contributed by atoms with E-state index in [-0.39, 0.29) is 0 Å². The Hall–Kier alpha value is -1.19. The summed E-state index contributed by atoms with van der Waals surface area (Å²) in [5, 5.41) is 2.06. The summed E-state index contributed by atoms with van der Waals surface area (Å²) < 4.78 is 0. The summed E-state index contributed by atoms with van der Waals surface area (Å²) in [6.45, 7) is 2.48. The maximum atomic E-state index is 5.67. The third-order valence-corrected chi connectivity index (χ3v) is 3.00. The molecule has 2 heterocycles. The number of pyridine rings is 1. The van der Waals surface area contributed by atoms with Gasteiger partial charge in [-0.25, -0.2) is 0 Å². The molecule has 3 heteroatoms. The normalized spacial score (nSPS) is 10.4. The molecule has 0 radical (unpaired) electrons. The summed E-state index contributed by atoms with van der Waals surface area (Å²) in [5.74, 6) is 0. The first-order chi connectivity index (χ1) is 6.81. The van der Waals surface area contributed by atoms with Crippen molar-refractivity contribution in [3.05, 3.63) is 41.0 Å². The lowest BCUT2D eigenvalue weighted by molar-refractivity contribution is 0.974. The van der Waals surface area contributed by atoms with E-state index in [0.29, 0.717) is 6.54 Å². The highest BCUT2D eigenvalue weighted by molar-refractivity contribution is 7.13. The molecule has 2 N–H and O–H groups in total. The number of aryl methyl sites for hydroxylation is 1. The SMILES string of the molecule is Cc1ccc(-c2cccs2)c(CN)n1. The lowest BCUT2D eigenvalue weighted by Crippen LogP contribution is -2.02. The van der Waals surface area contributed by atoms with Gasteiger partial charge in [-0.3, -0.25) is 4.98 Å². The second-order valence-electron chi connectivity index (χ2n) is 3.13. The molecule has 2 aromatic rings. The Morgan fingerprint density at radius 2 is 2.21 bits per heavy atom. The molecule has 2 aromatic heterocycles. The molecule has 0 atom stereocenters. The highest BCUT2D eigenvalue weighted by atomic mass is 32.1. The fourth-order valence-electron chi connectivity index (χ4n) is 1.42. The summed E-state index contributed by atoms with van der Waals surface area (Å²) in [6.07, 6.45) is 0. The van der Waals surface area contributed by atoms with Crippen LogP contribution in [-0.2, 0) is 6.54 Å². The van der Waals surface area contributed by atoms with Crippen LogP contribution in [0.4, 0.5) is 0 Å². The molecule has 2 rings (SSSR count). The van der Waals surface area contributed by atoms with Crippen LogP contribution in [0.3, 0.4) is 0 Å². The van der Waals surface area contributed by atoms with Gasteiger partial charge in [0, 0.05) is 22.7 Å². The Morgan fingerprint density at radius 3 is 2.86 bits per heavy atom. The first-order valence-corrected chi connectivity index (χ1v) is 5.39. The molecule has 72 valence electrons. The number of hydrogen-bond acceptors (Lipinski definition) is 3. The average Bonchev–Trinajstić information content (AvgIpc) is 2.70. The highest BCUT2D eigenvalue weighted by Gasteiger charge is 2.05. The van der Waals surface area contributed by atoms with Crippen LogP contribution < -0.4 is 5.73 Å². The molecule has 0 amide bonds. The molecule has 0 aliphatic heterocycles. The van der Waals surface area contributed by atoms with Crippen LogP contribution in [0.5, 0.6) is 0 Å². The monoisotopic (exact) mass is 204 g/mol. The predicted molar refractivity (Wildman–Crippen MR) is 60.2 cm³/mol. The van der Waals surface area contributed by atoms with E-state index in [1.165, 1.54) is 4.88 Å². The minimum atomic E-state index is 0.495. The zero-order chi connectivity index (χ0) is 9.97. The zero-order valence-electron chi connectivity index (χ0n) is 8.03. The van der Waals surface area contributed by atoms with Crippen molar-refractivity contribution >= 4 is 11.3 Å². The van der Waals surface area contributed by atoms with Crippen molar-refractivity contribution in [3.8, 4) is 10.4 Å². The Labute approximate surface area is 87.4 Å². The number of hydrogen-bond donors (Lipinski definition) is 1. The van der Waals surface area contributed by atoms with Gasteiger partial charge in [0.25, 0.3) is 0 Å². The first kappa shape index (κ1) is 9.37. The van der Waals surface area contributed by atoms with Crippen LogP contribution in [0, 0.1) is 6.92 Å². The lowest BCUT2D eigenvalue weighted by atomic mass is 10.1. The molecule has 0 saturated heterocycles. The number of aromatic nitrogens is 1. The molecule has 0 aromatic carbocycles. The summed E-state index contributed by atoms with van der Waals surface area (Å²) >= 11 is 1.72. The van der Waals surface area contributed by atoms with Crippen molar-refractivity contribution in [2.24, 2.45) is 5.73 Å². The van der Waals surface area contributed by atoms with E-state index in [4.69, 9.17) is 5.73 Å². The van der Waals surface area contributed by atoms with Gasteiger partial charge in [-0.2, -0.15) is 0 Å². The maximum absolute atomic E-state index is 5.67. The van der Waals surface area contributed by atoms with Crippen molar-refractivity contribution in [3.63, 3.8) is 0 Å². The number of nitrogens with two attached hydrogens (primary N) is 1. The summed E-state index contributed by atoms with van der Waals surface area (Å²) in [7, 11) is 0. The average molecular weight is 204 g/mol. The van der Waals surface area contributed by atoms with Gasteiger partial charge in [0.15, 0.2) is 0 Å². The van der Waals surface area contributed by atoms with E-state index in [0.717, 1.165) is 17.0 Å². The standard InChI is InChI=1S/C11H12N2S/c1-8-4-5-9(10(7-12)13-8)11-3-2-6-14-11/h2-6H,7,12H2,1H3. The Kier molecular flexibility index (Phi) is 2.61. The second-order valence-corrected chi connectivity index (χ2v) is 4.08. The highest BCUT2D eigenvalue weighted by Crippen LogP contribution is 2.26. The Balaban J connectivity index is 2.53. The predicted octanol–water partition coefficient (Wildman–Crippen LogP) is 2.58. The molecule has 0 saturated carbocycles. The van der Waals surface area contributed by atoms with Gasteiger partial charge in [0.05, 0.1) is 5.69 Å². The smallest absolute Gasteiger partial charge is 0.0629 e. The zero-order valence-corrected chi connectivity index (χ0v) is 8.84. The maximum Gasteiger partial charge on any atom is 0.0629 e. The summed E-state index contributed by atoms with van der Waals surface area (Å²) in [4.78, 5) is 5.66. The van der Waals surface area contributed by atoms with Crippen molar-refractivity contribution in [1.82, 2.24) is 4.98 Å². The van der Waals surface area contributed by atoms with Crippen molar-refractivity contribution < 1.29 is 0 Å². The van der Waals surface area contributed by atoms with Crippen molar-refractivity contribution in [2.45, 2.75) is 13.5 Å². The topological polar surface area (TPSA) is 38.9 Å². The van der Waals surface area contributed by atoms with Crippen LogP contribution >= 0.6 is 11.3 Å². The van der Waals surface area contributed by atoms with E-state index in [2.05, 4.69) is 22.5 Å². The molecule has 0 fully saturated rings. The number of nitrogens with zero attached hydrogens (tertiary/aromatic N) is 1. The van der Waals surface area contributed by atoms with Crippen LogP contribution in [-0.4, -0.2) is 4.98 Å². The number of thiophene rings is 1. The third-order valence-electron chi connectivity index (χ3n) is 2.09. The molecule has 2 nitrogen and oxygen atoms in total. The lowest BCUT2D eigenvalue weighted by Gasteiger charge is -2.05. The van der Waals surface area contributed by atoms with Crippen LogP contribution in [0.25, 0.3) is 10.4 Å². The third kappa shape index (κ3) is 1.69. The van der Waals surface area contributed by atoms with E-state index in [9.17, 15) is 0 Å². The van der Waals surface area contributed by atoms with Crippen molar-refractivity contribution in [1.29, 1.82) is 0 Å². The fourth-order valence-corrected chi connectivity index (χ4v) is 2.20.